The normalized spacial score (nSPS) is 10.3. The van der Waals surface area contributed by atoms with E-state index in [9.17, 15) is 4.79 Å². The molecule has 1 N–H and O–H groups in total. The number of anilines is 1. The summed E-state index contributed by atoms with van der Waals surface area (Å²) in [5.74, 6) is 1.21. The van der Waals surface area contributed by atoms with Gasteiger partial charge in [0.15, 0.2) is 5.82 Å². The van der Waals surface area contributed by atoms with Gasteiger partial charge in [-0.1, -0.05) is 29.8 Å². The van der Waals surface area contributed by atoms with Crippen LogP contribution in [0.3, 0.4) is 0 Å². The topological polar surface area (TPSA) is 69.0 Å². The number of hydrogen-bond donors (Lipinski definition) is 1. The molecule has 0 saturated heterocycles. The van der Waals surface area contributed by atoms with E-state index in [1.165, 1.54) is 5.56 Å². The highest BCUT2D eigenvalue weighted by Gasteiger charge is 2.13. The minimum atomic E-state index is -0.174. The zero-order valence-corrected chi connectivity index (χ0v) is 14.7. The number of hydrogen-bond acceptors (Lipinski definition) is 4. The number of rotatable bonds is 7. The van der Waals surface area contributed by atoms with Gasteiger partial charge in [-0.2, -0.15) is 0 Å². The highest BCUT2D eigenvalue weighted by Crippen LogP contribution is 2.15. The van der Waals surface area contributed by atoms with E-state index in [2.05, 4.69) is 15.6 Å². The van der Waals surface area contributed by atoms with Gasteiger partial charge in [0.05, 0.1) is 12.8 Å². The van der Waals surface area contributed by atoms with Gasteiger partial charge >= 0.3 is 0 Å². The second-order valence-electron chi connectivity index (χ2n) is 5.77. The molecule has 0 bridgehead atoms. The van der Waals surface area contributed by atoms with Crippen LogP contribution in [-0.4, -0.2) is 28.0 Å². The van der Waals surface area contributed by atoms with Crippen LogP contribution in [0.2, 0.25) is 0 Å². The Morgan fingerprint density at radius 1 is 1.29 bits per heavy atom. The average Bonchev–Trinajstić information content (AvgIpc) is 2.94. The van der Waals surface area contributed by atoms with Crippen molar-refractivity contribution in [3.8, 4) is 5.75 Å². The summed E-state index contributed by atoms with van der Waals surface area (Å²) in [6.07, 6.45) is 3.14. The summed E-state index contributed by atoms with van der Waals surface area (Å²) in [6, 6.07) is 7.97. The van der Waals surface area contributed by atoms with Crippen LogP contribution in [-0.2, 0) is 24.2 Å². The third-order valence-electron chi connectivity index (χ3n) is 3.61. The monoisotopic (exact) mass is 328 g/mol. The first-order valence-corrected chi connectivity index (χ1v) is 8.04. The second kappa shape index (κ2) is 8.29. The van der Waals surface area contributed by atoms with Crippen molar-refractivity contribution in [2.75, 3.05) is 12.4 Å². The molecular weight excluding hydrogens is 304 g/mol. The molecule has 1 amide bonds. The third kappa shape index (κ3) is 4.68. The smallest absolute Gasteiger partial charge is 0.249 e. The zero-order chi connectivity index (χ0) is 17.5. The molecule has 0 atom stereocenters. The Hall–Kier alpha value is -2.63. The van der Waals surface area contributed by atoms with Gasteiger partial charge in [-0.05, 0) is 44.4 Å². The van der Waals surface area contributed by atoms with Crippen molar-refractivity contribution < 1.29 is 9.53 Å². The van der Waals surface area contributed by atoms with Crippen LogP contribution >= 0.6 is 0 Å². The molecule has 2 aromatic rings. The summed E-state index contributed by atoms with van der Waals surface area (Å²) < 4.78 is 7.01. The highest BCUT2D eigenvalue weighted by atomic mass is 16.5. The van der Waals surface area contributed by atoms with Crippen LogP contribution in [0.4, 0.5) is 5.82 Å². The summed E-state index contributed by atoms with van der Waals surface area (Å²) in [6.45, 7) is 6.50. The number of amides is 1. The largest absolute Gasteiger partial charge is 0.497 e. The molecule has 0 aliphatic rings. The predicted molar refractivity (Wildman–Crippen MR) is 94.2 cm³/mol. The third-order valence-corrected chi connectivity index (χ3v) is 3.61. The fraction of sp³-hybridized carbons (Fsp3) is 0.389. The fourth-order valence-corrected chi connectivity index (χ4v) is 2.40. The Bertz CT molecular complexity index is 713. The molecular formula is C18H24N4O2. The van der Waals surface area contributed by atoms with Crippen LogP contribution in [0.5, 0.6) is 5.75 Å². The number of nitrogens with one attached hydrogen (secondary N) is 1. The number of nitrogens with zero attached hydrogens (tertiary/aromatic N) is 3. The maximum Gasteiger partial charge on any atom is 0.249 e. The number of benzene rings is 1. The zero-order valence-electron chi connectivity index (χ0n) is 14.7. The average molecular weight is 328 g/mol. The number of ether oxygens (including phenoxy) is 1. The van der Waals surface area contributed by atoms with Crippen LogP contribution in [0.25, 0.3) is 0 Å². The van der Waals surface area contributed by atoms with Gasteiger partial charge in [-0.25, -0.2) is 4.68 Å². The van der Waals surface area contributed by atoms with Crippen LogP contribution in [0.1, 0.15) is 32.0 Å². The SMILES string of the molecule is CCc1c(NC(=O)C=C(C)C)nnn1CCc1ccc(OC)cc1. The van der Waals surface area contributed by atoms with E-state index in [0.29, 0.717) is 12.4 Å². The quantitative estimate of drug-likeness (QED) is 0.793. The minimum Gasteiger partial charge on any atom is -0.497 e. The van der Waals surface area contributed by atoms with Gasteiger partial charge in [0.25, 0.3) is 0 Å². The Morgan fingerprint density at radius 2 is 2.00 bits per heavy atom. The summed E-state index contributed by atoms with van der Waals surface area (Å²) in [5, 5.41) is 11.1. The molecule has 24 heavy (non-hydrogen) atoms. The first kappa shape index (κ1) is 17.7. The molecule has 6 heteroatoms. The van der Waals surface area contributed by atoms with E-state index in [4.69, 9.17) is 4.74 Å². The van der Waals surface area contributed by atoms with Gasteiger partial charge in [-0.3, -0.25) is 4.79 Å². The van der Waals surface area contributed by atoms with Crippen molar-refractivity contribution in [1.82, 2.24) is 15.0 Å². The van der Waals surface area contributed by atoms with Crippen LogP contribution < -0.4 is 10.1 Å². The number of aryl methyl sites for hydroxylation is 2. The molecule has 0 unspecified atom stereocenters. The van der Waals surface area contributed by atoms with E-state index in [0.717, 1.165) is 29.9 Å². The molecule has 0 aliphatic carbocycles. The van der Waals surface area contributed by atoms with E-state index in [-0.39, 0.29) is 5.91 Å². The van der Waals surface area contributed by atoms with Crippen molar-refractivity contribution in [2.45, 2.75) is 40.2 Å². The number of methoxy groups -OCH3 is 1. The van der Waals surface area contributed by atoms with Crippen LogP contribution in [0, 0.1) is 0 Å². The van der Waals surface area contributed by atoms with Gasteiger partial charge in [0.2, 0.25) is 5.91 Å². The lowest BCUT2D eigenvalue weighted by Gasteiger charge is -2.07. The number of carbonyl (C=O) groups excluding carboxylic acids is 1. The molecule has 128 valence electrons. The van der Waals surface area contributed by atoms with Gasteiger partial charge in [0, 0.05) is 12.6 Å². The van der Waals surface area contributed by atoms with Gasteiger partial charge in [0.1, 0.15) is 5.75 Å². The Morgan fingerprint density at radius 3 is 2.58 bits per heavy atom. The maximum atomic E-state index is 11.9. The Labute approximate surface area is 142 Å². The second-order valence-corrected chi connectivity index (χ2v) is 5.77. The lowest BCUT2D eigenvalue weighted by atomic mass is 10.1. The van der Waals surface area contributed by atoms with E-state index in [1.54, 1.807) is 13.2 Å². The van der Waals surface area contributed by atoms with Gasteiger partial charge in [-0.15, -0.1) is 5.10 Å². The lowest BCUT2D eigenvalue weighted by Crippen LogP contribution is -2.12. The molecule has 1 heterocycles. The summed E-state index contributed by atoms with van der Waals surface area (Å²) >= 11 is 0. The van der Waals surface area contributed by atoms with E-state index >= 15 is 0 Å². The first-order valence-electron chi connectivity index (χ1n) is 8.04. The number of aromatic nitrogens is 3. The molecule has 1 aromatic carbocycles. The maximum absolute atomic E-state index is 11.9. The fourth-order valence-electron chi connectivity index (χ4n) is 2.40. The lowest BCUT2D eigenvalue weighted by molar-refractivity contribution is -0.112. The molecule has 0 fully saturated rings. The summed E-state index contributed by atoms with van der Waals surface area (Å²) in [5.41, 5.74) is 3.07. The van der Waals surface area contributed by atoms with E-state index in [1.807, 2.05) is 49.7 Å². The molecule has 0 spiro atoms. The molecule has 6 nitrogen and oxygen atoms in total. The number of carbonyl (C=O) groups is 1. The summed E-state index contributed by atoms with van der Waals surface area (Å²) in [4.78, 5) is 11.9. The first-order chi connectivity index (χ1) is 11.5. The Balaban J connectivity index is 2.05. The molecule has 2 rings (SSSR count). The predicted octanol–water partition coefficient (Wildman–Crippen LogP) is 3.00. The highest BCUT2D eigenvalue weighted by molar-refractivity contribution is 5.99. The number of allylic oxidation sites excluding steroid dienone is 1. The minimum absolute atomic E-state index is 0.174. The molecule has 1 aromatic heterocycles. The van der Waals surface area contributed by atoms with Crippen molar-refractivity contribution in [1.29, 1.82) is 0 Å². The molecule has 0 radical (unpaired) electrons. The van der Waals surface area contributed by atoms with Crippen molar-refractivity contribution >= 4 is 11.7 Å². The molecule has 0 aliphatic heterocycles. The van der Waals surface area contributed by atoms with E-state index < -0.39 is 0 Å². The van der Waals surface area contributed by atoms with Crippen molar-refractivity contribution in [3.63, 3.8) is 0 Å². The molecule has 0 saturated carbocycles. The van der Waals surface area contributed by atoms with Crippen molar-refractivity contribution in [2.24, 2.45) is 0 Å². The van der Waals surface area contributed by atoms with Gasteiger partial charge < -0.3 is 10.1 Å². The van der Waals surface area contributed by atoms with Crippen molar-refractivity contribution in [3.05, 3.63) is 47.2 Å². The Kier molecular flexibility index (Phi) is 6.12. The van der Waals surface area contributed by atoms with Crippen LogP contribution in [0.15, 0.2) is 35.9 Å². The standard InChI is InChI=1S/C18H24N4O2/c1-5-16-18(19-17(23)12-13(2)3)20-21-22(16)11-10-14-6-8-15(24-4)9-7-14/h6-9,12H,5,10-11H2,1-4H3,(H,19,23). The summed E-state index contributed by atoms with van der Waals surface area (Å²) in [7, 11) is 1.66.